The summed E-state index contributed by atoms with van der Waals surface area (Å²) in [5, 5.41) is 3.09. The second-order valence-corrected chi connectivity index (χ2v) is 4.39. The molecule has 1 heterocycles. The van der Waals surface area contributed by atoms with Crippen molar-refractivity contribution in [1.82, 2.24) is 10.2 Å². The zero-order chi connectivity index (χ0) is 11.1. The molecule has 1 rings (SSSR count). The molecule has 0 unspecified atom stereocenters. The van der Waals surface area contributed by atoms with Crippen molar-refractivity contribution in [3.8, 4) is 0 Å². The van der Waals surface area contributed by atoms with Gasteiger partial charge in [0.05, 0.1) is 6.54 Å². The van der Waals surface area contributed by atoms with Gasteiger partial charge in [0, 0.05) is 13.1 Å². The van der Waals surface area contributed by atoms with Crippen LogP contribution in [0.5, 0.6) is 0 Å². The standard InChI is InChI=1S/C12H24N2O/c1-3-5-11-6-8-14(9-7-11)12(15)10-13-4-2/h11,13H,3-10H2,1-2H3. The first-order chi connectivity index (χ1) is 7.27. The van der Waals surface area contributed by atoms with Crippen LogP contribution in [0.25, 0.3) is 0 Å². The van der Waals surface area contributed by atoms with Crippen molar-refractivity contribution in [3.05, 3.63) is 0 Å². The maximum absolute atomic E-state index is 11.7. The van der Waals surface area contributed by atoms with Crippen molar-refractivity contribution >= 4 is 5.91 Å². The summed E-state index contributed by atoms with van der Waals surface area (Å²) in [5.74, 6) is 1.13. The topological polar surface area (TPSA) is 32.3 Å². The van der Waals surface area contributed by atoms with E-state index in [4.69, 9.17) is 0 Å². The minimum atomic E-state index is 0.270. The van der Waals surface area contributed by atoms with Crippen molar-refractivity contribution in [3.63, 3.8) is 0 Å². The second kappa shape index (κ2) is 6.83. The summed E-state index contributed by atoms with van der Waals surface area (Å²) in [5.41, 5.74) is 0. The van der Waals surface area contributed by atoms with Gasteiger partial charge in [-0.15, -0.1) is 0 Å². The first-order valence-electron chi connectivity index (χ1n) is 6.26. The molecule has 1 aliphatic rings. The molecule has 0 saturated carbocycles. The molecule has 0 atom stereocenters. The van der Waals surface area contributed by atoms with Crippen molar-refractivity contribution in [1.29, 1.82) is 0 Å². The van der Waals surface area contributed by atoms with Gasteiger partial charge >= 0.3 is 0 Å². The van der Waals surface area contributed by atoms with Crippen LogP contribution >= 0.6 is 0 Å². The highest BCUT2D eigenvalue weighted by atomic mass is 16.2. The maximum Gasteiger partial charge on any atom is 0.236 e. The molecule has 1 N–H and O–H groups in total. The number of hydrogen-bond donors (Lipinski definition) is 1. The van der Waals surface area contributed by atoms with Crippen LogP contribution in [0.4, 0.5) is 0 Å². The zero-order valence-electron chi connectivity index (χ0n) is 10.1. The number of carbonyl (C=O) groups excluding carboxylic acids is 1. The Morgan fingerprint density at radius 2 is 2.00 bits per heavy atom. The van der Waals surface area contributed by atoms with E-state index in [1.165, 1.54) is 25.7 Å². The van der Waals surface area contributed by atoms with Crippen molar-refractivity contribution < 1.29 is 4.79 Å². The summed E-state index contributed by atoms with van der Waals surface area (Å²) in [6.07, 6.45) is 5.00. The number of nitrogens with zero attached hydrogens (tertiary/aromatic N) is 1. The van der Waals surface area contributed by atoms with Crippen LogP contribution in [0.3, 0.4) is 0 Å². The fourth-order valence-electron chi connectivity index (χ4n) is 2.22. The van der Waals surface area contributed by atoms with E-state index in [0.29, 0.717) is 6.54 Å². The number of likely N-dealkylation sites (tertiary alicyclic amines) is 1. The number of rotatable bonds is 5. The van der Waals surface area contributed by atoms with Crippen LogP contribution in [0, 0.1) is 5.92 Å². The maximum atomic E-state index is 11.7. The van der Waals surface area contributed by atoms with Gasteiger partial charge < -0.3 is 10.2 Å². The molecule has 0 radical (unpaired) electrons. The number of hydrogen-bond acceptors (Lipinski definition) is 2. The average molecular weight is 212 g/mol. The van der Waals surface area contributed by atoms with Crippen LogP contribution < -0.4 is 5.32 Å². The van der Waals surface area contributed by atoms with E-state index in [1.54, 1.807) is 0 Å². The Kier molecular flexibility index (Phi) is 5.69. The molecule has 1 saturated heterocycles. The number of amides is 1. The Morgan fingerprint density at radius 3 is 2.53 bits per heavy atom. The average Bonchev–Trinajstić information content (AvgIpc) is 2.27. The molecule has 0 bridgehead atoms. The van der Waals surface area contributed by atoms with Gasteiger partial charge in [-0.25, -0.2) is 0 Å². The number of carbonyl (C=O) groups is 1. The van der Waals surface area contributed by atoms with Crippen molar-refractivity contribution in [2.75, 3.05) is 26.2 Å². The molecular weight excluding hydrogens is 188 g/mol. The molecule has 88 valence electrons. The lowest BCUT2D eigenvalue weighted by Crippen LogP contribution is -2.42. The summed E-state index contributed by atoms with van der Waals surface area (Å²) >= 11 is 0. The van der Waals surface area contributed by atoms with E-state index in [2.05, 4.69) is 12.2 Å². The summed E-state index contributed by atoms with van der Waals surface area (Å²) in [7, 11) is 0. The largest absolute Gasteiger partial charge is 0.342 e. The quantitative estimate of drug-likeness (QED) is 0.751. The Hall–Kier alpha value is -0.570. The SMILES string of the molecule is CCCC1CCN(C(=O)CNCC)CC1. The van der Waals surface area contributed by atoms with Crippen LogP contribution in [0.15, 0.2) is 0 Å². The van der Waals surface area contributed by atoms with Crippen LogP contribution in [0.1, 0.15) is 39.5 Å². The first-order valence-corrected chi connectivity index (χ1v) is 6.26. The molecular formula is C12H24N2O. The number of likely N-dealkylation sites (N-methyl/N-ethyl adjacent to an activating group) is 1. The Morgan fingerprint density at radius 1 is 1.33 bits per heavy atom. The number of piperidine rings is 1. The normalized spacial score (nSPS) is 18.1. The van der Waals surface area contributed by atoms with E-state index in [0.717, 1.165) is 25.6 Å². The Balaban J connectivity index is 2.21. The molecule has 0 aromatic rings. The molecule has 3 heteroatoms. The Labute approximate surface area is 93.2 Å². The second-order valence-electron chi connectivity index (χ2n) is 4.39. The molecule has 15 heavy (non-hydrogen) atoms. The summed E-state index contributed by atoms with van der Waals surface area (Å²) in [6, 6.07) is 0. The van der Waals surface area contributed by atoms with E-state index < -0.39 is 0 Å². The van der Waals surface area contributed by atoms with Crippen molar-refractivity contribution in [2.45, 2.75) is 39.5 Å². The highest BCUT2D eigenvalue weighted by Gasteiger charge is 2.21. The highest BCUT2D eigenvalue weighted by Crippen LogP contribution is 2.21. The van der Waals surface area contributed by atoms with Gasteiger partial charge in [0.15, 0.2) is 0 Å². The molecule has 0 aromatic heterocycles. The van der Waals surface area contributed by atoms with E-state index in [-0.39, 0.29) is 5.91 Å². The Bertz CT molecular complexity index is 186. The molecule has 0 spiro atoms. The fourth-order valence-corrected chi connectivity index (χ4v) is 2.22. The summed E-state index contributed by atoms with van der Waals surface area (Å²) < 4.78 is 0. The van der Waals surface area contributed by atoms with Gasteiger partial charge in [0.25, 0.3) is 0 Å². The van der Waals surface area contributed by atoms with Crippen LogP contribution in [0.2, 0.25) is 0 Å². The lowest BCUT2D eigenvalue weighted by atomic mass is 9.92. The third-order valence-electron chi connectivity index (χ3n) is 3.19. The third kappa shape index (κ3) is 4.20. The molecule has 0 aromatic carbocycles. The summed E-state index contributed by atoms with van der Waals surface area (Å²) in [4.78, 5) is 13.7. The molecule has 1 fully saturated rings. The van der Waals surface area contributed by atoms with E-state index in [1.807, 2.05) is 11.8 Å². The molecule has 1 amide bonds. The zero-order valence-corrected chi connectivity index (χ0v) is 10.1. The predicted molar refractivity (Wildman–Crippen MR) is 62.8 cm³/mol. The monoisotopic (exact) mass is 212 g/mol. The lowest BCUT2D eigenvalue weighted by molar-refractivity contribution is -0.131. The summed E-state index contributed by atoms with van der Waals surface area (Å²) in [6.45, 7) is 7.58. The van der Waals surface area contributed by atoms with Gasteiger partial charge in [-0.05, 0) is 25.3 Å². The van der Waals surface area contributed by atoms with Gasteiger partial charge in [-0.3, -0.25) is 4.79 Å². The molecule has 1 aliphatic heterocycles. The molecule has 3 nitrogen and oxygen atoms in total. The van der Waals surface area contributed by atoms with Crippen LogP contribution in [-0.2, 0) is 4.79 Å². The predicted octanol–water partition coefficient (Wildman–Crippen LogP) is 1.63. The van der Waals surface area contributed by atoms with E-state index in [9.17, 15) is 4.79 Å². The highest BCUT2D eigenvalue weighted by molar-refractivity contribution is 5.78. The third-order valence-corrected chi connectivity index (χ3v) is 3.19. The van der Waals surface area contributed by atoms with Crippen LogP contribution in [-0.4, -0.2) is 37.0 Å². The molecule has 0 aliphatic carbocycles. The van der Waals surface area contributed by atoms with Gasteiger partial charge in [0.2, 0.25) is 5.91 Å². The van der Waals surface area contributed by atoms with Gasteiger partial charge in [-0.2, -0.15) is 0 Å². The number of nitrogens with one attached hydrogen (secondary N) is 1. The fraction of sp³-hybridized carbons (Fsp3) is 0.917. The lowest BCUT2D eigenvalue weighted by Gasteiger charge is -2.32. The first kappa shape index (κ1) is 12.5. The smallest absolute Gasteiger partial charge is 0.236 e. The minimum absolute atomic E-state index is 0.270. The minimum Gasteiger partial charge on any atom is -0.342 e. The van der Waals surface area contributed by atoms with Gasteiger partial charge in [-0.1, -0.05) is 26.7 Å². The van der Waals surface area contributed by atoms with E-state index >= 15 is 0 Å². The van der Waals surface area contributed by atoms with Crippen molar-refractivity contribution in [2.24, 2.45) is 5.92 Å². The van der Waals surface area contributed by atoms with Gasteiger partial charge in [0.1, 0.15) is 0 Å².